The maximum absolute atomic E-state index is 9.70. The number of phenols is 1. The number of hydrogen-bond donors (Lipinski definition) is 1. The minimum atomic E-state index is -2.93. The molecule has 0 saturated heterocycles. The van der Waals surface area contributed by atoms with Crippen LogP contribution in [0.15, 0.2) is 18.1 Å². The van der Waals surface area contributed by atoms with Crippen molar-refractivity contribution in [1.82, 2.24) is 0 Å². The molecule has 0 amide bonds. The summed E-state index contributed by atoms with van der Waals surface area (Å²) in [5, 5.41) is 9.70. The fraction of sp³-hybridized carbons (Fsp3) is 0.250. The average molecular weight is 131 g/mol. The lowest BCUT2D eigenvalue weighted by atomic mass is 10.1. The third kappa shape index (κ3) is 1.04. The van der Waals surface area contributed by atoms with Crippen LogP contribution in [0.1, 0.15) is 23.5 Å². The van der Waals surface area contributed by atoms with Crippen LogP contribution in [0.3, 0.4) is 0 Å². The van der Waals surface area contributed by atoms with Crippen molar-refractivity contribution in [1.29, 1.82) is 0 Å². The van der Waals surface area contributed by atoms with Gasteiger partial charge in [-0.05, 0) is 24.8 Å². The highest BCUT2D eigenvalue weighted by molar-refractivity contribution is 5.37. The summed E-state index contributed by atoms with van der Waals surface area (Å²) in [6.45, 7) is -5.85. The Bertz CT molecular complexity index is 444. The molecule has 1 rings (SSSR count). The second-order valence-electron chi connectivity index (χ2n) is 1.47. The molecule has 0 aliphatic heterocycles. The van der Waals surface area contributed by atoms with Gasteiger partial charge in [0.05, 0.1) is 4.11 Å². The first-order valence-electron chi connectivity index (χ1n) is 6.72. The lowest BCUT2D eigenvalue weighted by molar-refractivity contribution is 0.467. The first-order valence-corrected chi connectivity index (χ1v) is 2.22. The Kier molecular flexibility index (Phi) is 0.318. The van der Waals surface area contributed by atoms with Crippen LogP contribution in [-0.4, -0.2) is 5.11 Å². The normalized spacial score (nSPS) is 26.9. The molecular weight excluding hydrogens is 112 g/mol. The van der Waals surface area contributed by atoms with E-state index < -0.39 is 48.7 Å². The van der Waals surface area contributed by atoms with E-state index >= 15 is 0 Å². The maximum Gasteiger partial charge on any atom is 0.121 e. The molecule has 0 aromatic heterocycles. The molecule has 0 unspecified atom stereocenters. The van der Waals surface area contributed by atoms with Crippen LogP contribution < -0.4 is 0 Å². The molecule has 1 aromatic rings. The third-order valence-electron chi connectivity index (χ3n) is 0.849. The van der Waals surface area contributed by atoms with E-state index in [2.05, 4.69) is 0 Å². The smallest absolute Gasteiger partial charge is 0.121 e. The first-order chi connectivity index (χ1) is 7.89. The number of phenolic OH excluding ortho intramolecular Hbond substituents is 1. The van der Waals surface area contributed by atoms with Gasteiger partial charge in [0.1, 0.15) is 5.75 Å². The highest BCUT2D eigenvalue weighted by atomic mass is 16.3. The van der Waals surface area contributed by atoms with Crippen molar-refractivity contribution in [3.05, 3.63) is 29.3 Å². The van der Waals surface area contributed by atoms with Crippen LogP contribution in [0.4, 0.5) is 0 Å². The summed E-state index contributed by atoms with van der Waals surface area (Å²) in [6.07, 6.45) is 0. The van der Waals surface area contributed by atoms with Gasteiger partial charge in [-0.1, -0.05) is 18.1 Å². The monoisotopic (exact) mass is 131 g/mol. The van der Waals surface area contributed by atoms with E-state index in [4.69, 9.17) is 12.3 Å². The van der Waals surface area contributed by atoms with Crippen molar-refractivity contribution in [3.63, 3.8) is 0 Å². The molecule has 0 bridgehead atoms. The topological polar surface area (TPSA) is 20.2 Å². The molecular formula is C8H10O. The molecule has 0 heterocycles. The Balaban J connectivity index is 3.83. The highest BCUT2D eigenvalue weighted by Crippen LogP contribution is 2.19. The maximum atomic E-state index is 9.70. The van der Waals surface area contributed by atoms with Crippen LogP contribution >= 0.6 is 0 Å². The fourth-order valence-corrected chi connectivity index (χ4v) is 0.400. The van der Waals surface area contributed by atoms with Crippen molar-refractivity contribution >= 4 is 0 Å². The summed E-state index contributed by atoms with van der Waals surface area (Å²) in [5.41, 5.74) is -1.82. The van der Waals surface area contributed by atoms with Gasteiger partial charge in [-0.2, -0.15) is 0 Å². The molecule has 1 nitrogen and oxygen atoms in total. The zero-order valence-electron chi connectivity index (χ0n) is 13.4. The Morgan fingerprint density at radius 1 is 1.44 bits per heavy atom. The molecule has 0 aliphatic rings. The number of hydrogen-bond acceptors (Lipinski definition) is 1. The molecule has 1 N–H and O–H groups in total. The fourth-order valence-electron chi connectivity index (χ4n) is 0.400. The highest BCUT2D eigenvalue weighted by Gasteiger charge is 1.95. The Labute approximate surface area is 67.6 Å². The lowest BCUT2D eigenvalue weighted by Gasteiger charge is -1.99. The summed E-state index contributed by atoms with van der Waals surface area (Å²) < 4.78 is 65.1. The SMILES string of the molecule is [2H]c1c([2H])c(C([2H])([2H])[2H])c(O)c(C([2H])([2H])[2H])c1[2H]. The van der Waals surface area contributed by atoms with Gasteiger partial charge in [-0.15, -0.1) is 0 Å². The van der Waals surface area contributed by atoms with Gasteiger partial charge in [0.2, 0.25) is 0 Å². The number of para-hydroxylation sites is 1. The predicted molar refractivity (Wildman–Crippen MR) is 37.6 cm³/mol. The van der Waals surface area contributed by atoms with Gasteiger partial charge in [0, 0.05) is 8.22 Å². The van der Waals surface area contributed by atoms with Gasteiger partial charge >= 0.3 is 0 Å². The van der Waals surface area contributed by atoms with Crippen LogP contribution in [0.25, 0.3) is 0 Å². The van der Waals surface area contributed by atoms with Crippen molar-refractivity contribution < 1.29 is 17.4 Å². The minimum Gasteiger partial charge on any atom is -0.507 e. The van der Waals surface area contributed by atoms with E-state index in [0.717, 1.165) is 0 Å². The van der Waals surface area contributed by atoms with Gasteiger partial charge in [0.15, 0.2) is 0 Å². The molecule has 0 aliphatic carbocycles. The molecule has 9 heavy (non-hydrogen) atoms. The van der Waals surface area contributed by atoms with Crippen molar-refractivity contribution in [3.8, 4) is 5.75 Å². The molecule has 0 atom stereocenters. The van der Waals surface area contributed by atoms with E-state index in [0.29, 0.717) is 0 Å². The quantitative estimate of drug-likeness (QED) is 0.571. The molecule has 1 aromatic carbocycles. The number of rotatable bonds is 0. The Morgan fingerprint density at radius 3 is 2.44 bits per heavy atom. The summed E-state index contributed by atoms with van der Waals surface area (Å²) >= 11 is 0. The minimum absolute atomic E-state index is 0.829. The van der Waals surface area contributed by atoms with Gasteiger partial charge in [-0.25, -0.2) is 0 Å². The molecule has 48 valence electrons. The average Bonchev–Trinajstić information content (AvgIpc) is 2.09. The van der Waals surface area contributed by atoms with Crippen LogP contribution in [0, 0.1) is 13.7 Å². The van der Waals surface area contributed by atoms with Crippen LogP contribution in [0.2, 0.25) is 0 Å². The summed E-state index contributed by atoms with van der Waals surface area (Å²) in [5.74, 6) is -1.12. The zero-order chi connectivity index (χ0) is 14.5. The van der Waals surface area contributed by atoms with Gasteiger partial charge in [-0.3, -0.25) is 0 Å². The molecule has 1 heteroatoms. The Hall–Kier alpha value is -0.980. The van der Waals surface area contributed by atoms with Crippen molar-refractivity contribution in [2.75, 3.05) is 0 Å². The summed E-state index contributed by atoms with van der Waals surface area (Å²) in [6, 6.07) is -2.54. The predicted octanol–water partition coefficient (Wildman–Crippen LogP) is 2.01. The zero-order valence-corrected chi connectivity index (χ0v) is 4.45. The van der Waals surface area contributed by atoms with E-state index in [1.807, 2.05) is 0 Å². The van der Waals surface area contributed by atoms with Crippen LogP contribution in [-0.2, 0) is 0 Å². The van der Waals surface area contributed by atoms with Crippen LogP contribution in [0.5, 0.6) is 5.75 Å². The third-order valence-corrected chi connectivity index (χ3v) is 0.849. The van der Waals surface area contributed by atoms with Gasteiger partial charge < -0.3 is 5.11 Å². The standard InChI is InChI=1S/C8H10O/c1-6-4-3-5-7(2)8(6)9/h3-5,9H,1-2H3/i1D3,2D3,3D,4D,5D. The summed E-state index contributed by atoms with van der Waals surface area (Å²) in [4.78, 5) is 0. The van der Waals surface area contributed by atoms with Crippen molar-refractivity contribution in [2.45, 2.75) is 13.7 Å². The molecule has 0 radical (unpaired) electrons. The molecule has 0 spiro atoms. The number of aromatic hydroxyl groups is 1. The van der Waals surface area contributed by atoms with E-state index in [9.17, 15) is 5.11 Å². The Morgan fingerprint density at radius 2 is 2.00 bits per heavy atom. The summed E-state index contributed by atoms with van der Waals surface area (Å²) in [7, 11) is 0. The van der Waals surface area contributed by atoms with E-state index in [1.54, 1.807) is 0 Å². The van der Waals surface area contributed by atoms with E-state index in [-0.39, 0.29) is 0 Å². The number of benzene rings is 1. The second kappa shape index (κ2) is 2.09. The second-order valence-corrected chi connectivity index (χ2v) is 1.47. The largest absolute Gasteiger partial charge is 0.507 e. The molecule has 0 fully saturated rings. The van der Waals surface area contributed by atoms with Crippen molar-refractivity contribution in [2.24, 2.45) is 0 Å². The van der Waals surface area contributed by atoms with E-state index in [1.165, 1.54) is 0 Å². The first kappa shape index (κ1) is 1.36. The molecule has 0 saturated carbocycles. The van der Waals surface area contributed by atoms with Gasteiger partial charge in [0.25, 0.3) is 0 Å². The lowest BCUT2D eigenvalue weighted by Crippen LogP contribution is -1.76.